The fraction of sp³-hybridized carbons (Fsp3) is 0.524. The van der Waals surface area contributed by atoms with E-state index in [-0.39, 0.29) is 23.7 Å². The number of morpholine rings is 1. The average molecular weight is 354 g/mol. The van der Waals surface area contributed by atoms with Crippen LogP contribution in [0.15, 0.2) is 42.1 Å². The second-order valence-corrected chi connectivity index (χ2v) is 7.38. The fourth-order valence-electron chi connectivity index (χ4n) is 4.43. The van der Waals surface area contributed by atoms with Crippen molar-refractivity contribution >= 4 is 11.8 Å². The van der Waals surface area contributed by atoms with Crippen LogP contribution in [0.2, 0.25) is 0 Å². The second-order valence-electron chi connectivity index (χ2n) is 7.38. The minimum Gasteiger partial charge on any atom is -0.378 e. The standard InChI is InChI=1S/C21H26N2O3/c24-20-14-18(21(25)23(20)15-16-6-2-1-3-7-16)17-8-4-5-9-19(17)22-10-12-26-13-11-22/h1-3,6-7,9,17-18H,4-5,8,10-15H2/t17-,18-/m1/s1. The summed E-state index contributed by atoms with van der Waals surface area (Å²) in [5.41, 5.74) is 2.27. The molecule has 2 aliphatic heterocycles. The van der Waals surface area contributed by atoms with E-state index in [0.717, 1.165) is 51.1 Å². The van der Waals surface area contributed by atoms with Gasteiger partial charge in [-0.15, -0.1) is 0 Å². The highest BCUT2D eigenvalue weighted by atomic mass is 16.5. The molecule has 5 nitrogen and oxygen atoms in total. The molecule has 0 bridgehead atoms. The summed E-state index contributed by atoms with van der Waals surface area (Å²) < 4.78 is 5.47. The van der Waals surface area contributed by atoms with Crippen molar-refractivity contribution in [3.8, 4) is 0 Å². The van der Waals surface area contributed by atoms with Gasteiger partial charge in [0.15, 0.2) is 0 Å². The summed E-state index contributed by atoms with van der Waals surface area (Å²) in [5, 5.41) is 0. The molecule has 0 N–H and O–H groups in total. The number of nitrogens with zero attached hydrogens (tertiary/aromatic N) is 2. The molecule has 2 amide bonds. The van der Waals surface area contributed by atoms with E-state index in [1.807, 2.05) is 30.3 Å². The Morgan fingerprint density at radius 3 is 2.58 bits per heavy atom. The molecule has 1 aromatic carbocycles. The average Bonchev–Trinajstić information content (AvgIpc) is 2.98. The van der Waals surface area contributed by atoms with Gasteiger partial charge in [0, 0.05) is 31.1 Å². The Morgan fingerprint density at radius 2 is 1.81 bits per heavy atom. The first-order chi connectivity index (χ1) is 12.7. The van der Waals surface area contributed by atoms with Crippen molar-refractivity contribution in [3.63, 3.8) is 0 Å². The minimum atomic E-state index is -0.208. The highest BCUT2D eigenvalue weighted by molar-refractivity contribution is 6.03. The Labute approximate surface area is 154 Å². The summed E-state index contributed by atoms with van der Waals surface area (Å²) in [6, 6.07) is 9.76. The maximum Gasteiger partial charge on any atom is 0.233 e. The van der Waals surface area contributed by atoms with Gasteiger partial charge < -0.3 is 9.64 Å². The van der Waals surface area contributed by atoms with Crippen molar-refractivity contribution in [2.45, 2.75) is 32.2 Å². The van der Waals surface area contributed by atoms with E-state index < -0.39 is 0 Å². The number of allylic oxidation sites excluding steroid dienone is 2. The number of carbonyl (C=O) groups is 2. The van der Waals surface area contributed by atoms with E-state index in [9.17, 15) is 9.59 Å². The predicted molar refractivity (Wildman–Crippen MR) is 97.9 cm³/mol. The molecule has 1 aliphatic carbocycles. The maximum atomic E-state index is 13.1. The number of ether oxygens (including phenoxy) is 1. The molecule has 2 saturated heterocycles. The smallest absolute Gasteiger partial charge is 0.233 e. The third-order valence-corrected chi connectivity index (χ3v) is 5.78. The number of imide groups is 1. The van der Waals surface area contributed by atoms with Gasteiger partial charge in [-0.25, -0.2) is 0 Å². The van der Waals surface area contributed by atoms with Crippen molar-refractivity contribution in [2.24, 2.45) is 11.8 Å². The summed E-state index contributed by atoms with van der Waals surface area (Å²) in [6.45, 7) is 3.62. The van der Waals surface area contributed by atoms with Gasteiger partial charge in [0.1, 0.15) is 0 Å². The third-order valence-electron chi connectivity index (χ3n) is 5.78. The molecule has 5 heteroatoms. The molecule has 0 radical (unpaired) electrons. The Balaban J connectivity index is 1.51. The van der Waals surface area contributed by atoms with Crippen LogP contribution < -0.4 is 0 Å². The normalized spacial score (nSPS) is 27.0. The van der Waals surface area contributed by atoms with Crippen LogP contribution in [0.1, 0.15) is 31.2 Å². The summed E-state index contributed by atoms with van der Waals surface area (Å²) in [5.74, 6) is -0.0691. The van der Waals surface area contributed by atoms with Crippen LogP contribution in [-0.2, 0) is 20.9 Å². The zero-order chi connectivity index (χ0) is 17.9. The summed E-state index contributed by atoms with van der Waals surface area (Å²) in [4.78, 5) is 29.5. The first-order valence-corrected chi connectivity index (χ1v) is 9.65. The fourth-order valence-corrected chi connectivity index (χ4v) is 4.43. The van der Waals surface area contributed by atoms with Gasteiger partial charge in [0.2, 0.25) is 11.8 Å². The maximum absolute atomic E-state index is 13.1. The van der Waals surface area contributed by atoms with E-state index in [2.05, 4.69) is 11.0 Å². The highest BCUT2D eigenvalue weighted by Gasteiger charge is 2.45. The molecular weight excluding hydrogens is 328 g/mol. The van der Waals surface area contributed by atoms with Gasteiger partial charge in [-0.1, -0.05) is 36.4 Å². The Kier molecular flexibility index (Phi) is 5.07. The SMILES string of the molecule is O=C1C[C@H]([C@H]2CCCC=C2N2CCOCC2)C(=O)N1Cc1ccccc1. The lowest BCUT2D eigenvalue weighted by Crippen LogP contribution is -2.41. The van der Waals surface area contributed by atoms with Gasteiger partial charge in [-0.2, -0.15) is 0 Å². The highest BCUT2D eigenvalue weighted by Crippen LogP contribution is 2.39. The molecule has 0 unspecified atom stereocenters. The van der Waals surface area contributed by atoms with Crippen molar-refractivity contribution < 1.29 is 14.3 Å². The zero-order valence-corrected chi connectivity index (χ0v) is 15.1. The Morgan fingerprint density at radius 1 is 1.04 bits per heavy atom. The number of likely N-dealkylation sites (tertiary alicyclic amines) is 1. The van der Waals surface area contributed by atoms with Gasteiger partial charge in [0.25, 0.3) is 0 Å². The lowest BCUT2D eigenvalue weighted by molar-refractivity contribution is -0.140. The van der Waals surface area contributed by atoms with Gasteiger partial charge in [-0.05, 0) is 24.8 Å². The first kappa shape index (κ1) is 17.3. The number of rotatable bonds is 4. The van der Waals surface area contributed by atoms with Crippen molar-refractivity contribution in [3.05, 3.63) is 47.7 Å². The van der Waals surface area contributed by atoms with Crippen LogP contribution in [0.3, 0.4) is 0 Å². The number of hydrogen-bond acceptors (Lipinski definition) is 4. The first-order valence-electron chi connectivity index (χ1n) is 9.65. The van der Waals surface area contributed by atoms with Crippen LogP contribution in [0, 0.1) is 11.8 Å². The van der Waals surface area contributed by atoms with E-state index in [1.165, 1.54) is 10.6 Å². The van der Waals surface area contributed by atoms with E-state index in [4.69, 9.17) is 4.74 Å². The zero-order valence-electron chi connectivity index (χ0n) is 15.1. The molecule has 0 saturated carbocycles. The molecule has 2 fully saturated rings. The number of amides is 2. The predicted octanol–water partition coefficient (Wildman–Crippen LogP) is 2.58. The number of benzene rings is 1. The van der Waals surface area contributed by atoms with E-state index in [1.54, 1.807) is 0 Å². The molecule has 138 valence electrons. The quantitative estimate of drug-likeness (QED) is 0.780. The van der Waals surface area contributed by atoms with Crippen LogP contribution in [0.4, 0.5) is 0 Å². The van der Waals surface area contributed by atoms with Crippen LogP contribution in [-0.4, -0.2) is 47.9 Å². The van der Waals surface area contributed by atoms with E-state index in [0.29, 0.717) is 13.0 Å². The van der Waals surface area contributed by atoms with Crippen LogP contribution >= 0.6 is 0 Å². The number of carbonyl (C=O) groups excluding carboxylic acids is 2. The summed E-state index contributed by atoms with van der Waals surface area (Å²) >= 11 is 0. The van der Waals surface area contributed by atoms with E-state index >= 15 is 0 Å². The van der Waals surface area contributed by atoms with Crippen molar-refractivity contribution in [1.29, 1.82) is 0 Å². The monoisotopic (exact) mass is 354 g/mol. The second kappa shape index (κ2) is 7.62. The lowest BCUT2D eigenvalue weighted by atomic mass is 9.80. The lowest BCUT2D eigenvalue weighted by Gasteiger charge is -2.38. The molecule has 0 aromatic heterocycles. The molecule has 0 spiro atoms. The van der Waals surface area contributed by atoms with Crippen LogP contribution in [0.5, 0.6) is 0 Å². The molecule has 3 aliphatic rings. The molecule has 4 rings (SSSR count). The number of hydrogen-bond donors (Lipinski definition) is 0. The topological polar surface area (TPSA) is 49.9 Å². The summed E-state index contributed by atoms with van der Waals surface area (Å²) in [7, 11) is 0. The van der Waals surface area contributed by atoms with Gasteiger partial charge in [0.05, 0.1) is 25.7 Å². The van der Waals surface area contributed by atoms with Crippen molar-refractivity contribution in [2.75, 3.05) is 26.3 Å². The Hall–Kier alpha value is -2.14. The minimum absolute atomic E-state index is 0.00455. The Bertz CT molecular complexity index is 694. The summed E-state index contributed by atoms with van der Waals surface area (Å²) in [6.07, 6.45) is 5.78. The third kappa shape index (κ3) is 3.40. The van der Waals surface area contributed by atoms with Gasteiger partial charge in [-0.3, -0.25) is 14.5 Å². The molecular formula is C21H26N2O3. The molecule has 2 atom stereocenters. The van der Waals surface area contributed by atoms with Gasteiger partial charge >= 0.3 is 0 Å². The van der Waals surface area contributed by atoms with Crippen molar-refractivity contribution in [1.82, 2.24) is 9.80 Å². The molecule has 1 aromatic rings. The molecule has 2 heterocycles. The largest absolute Gasteiger partial charge is 0.378 e. The molecule has 26 heavy (non-hydrogen) atoms. The van der Waals surface area contributed by atoms with Crippen LogP contribution in [0.25, 0.3) is 0 Å².